The molecule has 0 unspecified atom stereocenters. The van der Waals surface area contributed by atoms with Crippen LogP contribution in [0.15, 0.2) is 114 Å². The molecule has 5 aromatic rings. The molecule has 0 aliphatic heterocycles. The van der Waals surface area contributed by atoms with Gasteiger partial charge in [-0.1, -0.05) is 66.7 Å². The molecule has 1 aromatic heterocycles. The number of hydrogen-bond donors (Lipinski definition) is 1. The van der Waals surface area contributed by atoms with E-state index >= 15 is 0 Å². The van der Waals surface area contributed by atoms with Crippen molar-refractivity contribution in [2.75, 3.05) is 7.11 Å². The molecule has 1 heterocycles. The highest BCUT2D eigenvalue weighted by molar-refractivity contribution is 5.93. The summed E-state index contributed by atoms with van der Waals surface area (Å²) >= 11 is 0. The smallest absolute Gasteiger partial charge is 0.280 e. The summed E-state index contributed by atoms with van der Waals surface area (Å²) in [4.78, 5) is 14.0. The molecule has 0 spiro atoms. The van der Waals surface area contributed by atoms with Crippen molar-refractivity contribution in [2.24, 2.45) is 0 Å². The van der Waals surface area contributed by atoms with E-state index in [1.54, 1.807) is 25.3 Å². The van der Waals surface area contributed by atoms with Crippen LogP contribution in [0, 0.1) is 0 Å². The molecule has 0 bridgehead atoms. The average molecular weight is 447 g/mol. The third kappa shape index (κ3) is 3.84. The number of phenolic OH excluding ortho intramolecular Hbond substituents is 1. The fourth-order valence-electron chi connectivity index (χ4n) is 4.04. The maximum Gasteiger partial charge on any atom is 0.280 e. The Morgan fingerprint density at radius 3 is 1.97 bits per heavy atom. The Bertz CT molecular complexity index is 1490. The van der Waals surface area contributed by atoms with Crippen molar-refractivity contribution in [3.8, 4) is 50.7 Å². The van der Waals surface area contributed by atoms with Gasteiger partial charge in [-0.05, 0) is 48.0 Å². The molecule has 4 aromatic carbocycles. The molecule has 166 valence electrons. The number of ether oxygens (including phenoxy) is 1. The van der Waals surface area contributed by atoms with Crippen LogP contribution in [0.25, 0.3) is 39.2 Å². The van der Waals surface area contributed by atoms with Gasteiger partial charge in [-0.25, -0.2) is 0 Å². The Morgan fingerprint density at radius 1 is 0.706 bits per heavy atom. The summed E-state index contributed by atoms with van der Waals surface area (Å²) in [6, 6.07) is 33.4. The zero-order valence-electron chi connectivity index (χ0n) is 18.6. The molecule has 5 rings (SSSR count). The molecule has 5 nitrogen and oxygen atoms in total. The van der Waals surface area contributed by atoms with Crippen LogP contribution in [0.3, 0.4) is 0 Å². The van der Waals surface area contributed by atoms with E-state index in [2.05, 4.69) is 0 Å². The van der Waals surface area contributed by atoms with Crippen LogP contribution in [0.1, 0.15) is 0 Å². The Morgan fingerprint density at radius 2 is 1.32 bits per heavy atom. The molecule has 34 heavy (non-hydrogen) atoms. The number of hydrogen-bond acceptors (Lipinski definition) is 4. The number of benzene rings is 4. The van der Waals surface area contributed by atoms with Crippen LogP contribution in [-0.2, 0) is 0 Å². The topological polar surface area (TPSA) is 64.4 Å². The molecule has 0 aliphatic carbocycles. The molecule has 0 radical (unpaired) electrons. The molecule has 0 amide bonds. The SMILES string of the molecule is COc1ccc(-c2nn(-c3ccccc3)c(=O)c(-c3ccccc3O)c2-c2ccccc2)cc1. The Kier molecular flexibility index (Phi) is 5.67. The fraction of sp³-hybridized carbons (Fsp3) is 0.0345. The molecule has 0 saturated carbocycles. The molecular formula is C29H22N2O3. The molecule has 0 atom stereocenters. The number of aromatic nitrogens is 2. The second-order valence-corrected chi connectivity index (χ2v) is 7.76. The van der Waals surface area contributed by atoms with Crippen molar-refractivity contribution in [3.63, 3.8) is 0 Å². The lowest BCUT2D eigenvalue weighted by Crippen LogP contribution is -2.25. The first-order valence-corrected chi connectivity index (χ1v) is 10.9. The third-order valence-electron chi connectivity index (χ3n) is 5.69. The van der Waals surface area contributed by atoms with Crippen molar-refractivity contribution in [1.82, 2.24) is 9.78 Å². The van der Waals surface area contributed by atoms with Crippen molar-refractivity contribution in [1.29, 1.82) is 0 Å². The van der Waals surface area contributed by atoms with Crippen LogP contribution in [0.4, 0.5) is 0 Å². The number of nitrogens with zero attached hydrogens (tertiary/aromatic N) is 2. The number of para-hydroxylation sites is 2. The van der Waals surface area contributed by atoms with E-state index in [9.17, 15) is 9.90 Å². The van der Waals surface area contributed by atoms with Crippen molar-refractivity contribution in [2.45, 2.75) is 0 Å². The summed E-state index contributed by atoms with van der Waals surface area (Å²) in [5.41, 5.74) is 4.09. The molecule has 0 fully saturated rings. The van der Waals surface area contributed by atoms with E-state index in [0.717, 1.165) is 16.9 Å². The van der Waals surface area contributed by atoms with E-state index < -0.39 is 0 Å². The number of aromatic hydroxyl groups is 1. The van der Waals surface area contributed by atoms with Gasteiger partial charge in [-0.2, -0.15) is 9.78 Å². The second-order valence-electron chi connectivity index (χ2n) is 7.76. The van der Waals surface area contributed by atoms with Gasteiger partial charge in [0.25, 0.3) is 5.56 Å². The molecule has 0 aliphatic rings. The first kappa shape index (κ1) is 21.2. The predicted molar refractivity (Wildman–Crippen MR) is 134 cm³/mol. The maximum absolute atomic E-state index is 14.0. The monoisotopic (exact) mass is 446 g/mol. The number of methoxy groups -OCH3 is 1. The Labute approximate surface area is 197 Å². The van der Waals surface area contributed by atoms with E-state index in [-0.39, 0.29) is 11.3 Å². The van der Waals surface area contributed by atoms with E-state index in [4.69, 9.17) is 9.84 Å². The molecule has 1 N–H and O–H groups in total. The second kappa shape index (κ2) is 9.08. The van der Waals surface area contributed by atoms with Gasteiger partial charge in [-0.3, -0.25) is 4.79 Å². The lowest BCUT2D eigenvalue weighted by molar-refractivity contribution is 0.415. The highest BCUT2D eigenvalue weighted by Gasteiger charge is 2.23. The highest BCUT2D eigenvalue weighted by Crippen LogP contribution is 2.40. The summed E-state index contributed by atoms with van der Waals surface area (Å²) in [7, 11) is 1.62. The minimum absolute atomic E-state index is 0.0308. The average Bonchev–Trinajstić information content (AvgIpc) is 2.90. The highest BCUT2D eigenvalue weighted by atomic mass is 16.5. The summed E-state index contributed by atoms with van der Waals surface area (Å²) in [5.74, 6) is 0.755. The Balaban J connectivity index is 1.94. The van der Waals surface area contributed by atoms with Crippen molar-refractivity contribution < 1.29 is 9.84 Å². The largest absolute Gasteiger partial charge is 0.507 e. The van der Waals surface area contributed by atoms with Crippen LogP contribution in [-0.4, -0.2) is 22.0 Å². The molecular weight excluding hydrogens is 424 g/mol. The van der Waals surface area contributed by atoms with E-state index in [0.29, 0.717) is 28.1 Å². The molecule has 0 saturated heterocycles. The van der Waals surface area contributed by atoms with Gasteiger partial charge < -0.3 is 9.84 Å². The standard InChI is InChI=1S/C29H22N2O3/c1-34-23-18-16-21(17-19-23)28-26(20-10-4-2-5-11-20)27(24-14-8-9-15-25(24)32)29(33)31(30-28)22-12-6-3-7-13-22/h2-19,32H,1H3. The zero-order chi connectivity index (χ0) is 23.5. The predicted octanol–water partition coefficient (Wildman–Crippen LogP) is 5.95. The van der Waals surface area contributed by atoms with Crippen molar-refractivity contribution in [3.05, 3.63) is 120 Å². The minimum atomic E-state index is -0.316. The summed E-state index contributed by atoms with van der Waals surface area (Å²) < 4.78 is 6.73. The summed E-state index contributed by atoms with van der Waals surface area (Å²) in [6.45, 7) is 0. The van der Waals surface area contributed by atoms with Crippen LogP contribution < -0.4 is 10.3 Å². The zero-order valence-corrected chi connectivity index (χ0v) is 18.6. The van der Waals surface area contributed by atoms with Gasteiger partial charge in [0.1, 0.15) is 11.5 Å². The van der Waals surface area contributed by atoms with Crippen LogP contribution in [0.2, 0.25) is 0 Å². The van der Waals surface area contributed by atoms with Gasteiger partial charge in [0, 0.05) is 16.7 Å². The number of rotatable bonds is 5. The third-order valence-corrected chi connectivity index (χ3v) is 5.69. The quantitative estimate of drug-likeness (QED) is 0.362. The summed E-state index contributed by atoms with van der Waals surface area (Å²) in [5, 5.41) is 15.6. The van der Waals surface area contributed by atoms with Crippen LogP contribution in [0.5, 0.6) is 11.5 Å². The summed E-state index contributed by atoms with van der Waals surface area (Å²) in [6.07, 6.45) is 0. The minimum Gasteiger partial charge on any atom is -0.507 e. The normalized spacial score (nSPS) is 10.7. The maximum atomic E-state index is 14.0. The fourth-order valence-corrected chi connectivity index (χ4v) is 4.04. The van der Waals surface area contributed by atoms with E-state index in [1.165, 1.54) is 4.68 Å². The van der Waals surface area contributed by atoms with Crippen molar-refractivity contribution >= 4 is 0 Å². The lowest BCUT2D eigenvalue weighted by atomic mass is 9.91. The van der Waals surface area contributed by atoms with Gasteiger partial charge in [0.2, 0.25) is 0 Å². The number of phenols is 1. The van der Waals surface area contributed by atoms with Crippen LogP contribution >= 0.6 is 0 Å². The Hall–Kier alpha value is -4.64. The molecule has 5 heteroatoms. The van der Waals surface area contributed by atoms with Gasteiger partial charge >= 0.3 is 0 Å². The van der Waals surface area contributed by atoms with Gasteiger partial charge in [0.15, 0.2) is 0 Å². The van der Waals surface area contributed by atoms with Gasteiger partial charge in [-0.15, -0.1) is 0 Å². The van der Waals surface area contributed by atoms with E-state index in [1.807, 2.05) is 91.0 Å². The first-order valence-electron chi connectivity index (χ1n) is 10.9. The first-order chi connectivity index (χ1) is 16.7. The lowest BCUT2D eigenvalue weighted by Gasteiger charge is -2.18. The van der Waals surface area contributed by atoms with Gasteiger partial charge in [0.05, 0.1) is 24.1 Å².